The van der Waals surface area contributed by atoms with Crippen LogP contribution in [0.5, 0.6) is 0 Å². The van der Waals surface area contributed by atoms with Crippen molar-refractivity contribution < 1.29 is 14.6 Å². The number of imidazole rings is 1. The maximum atomic E-state index is 11.5. The molecule has 10 heteroatoms. The molecular weight excluding hydrogens is 479 g/mol. The molecule has 37 heavy (non-hydrogen) atoms. The molecule has 5 heterocycles. The number of morpholine rings is 1. The first-order chi connectivity index (χ1) is 17.7. The molecule has 6 rings (SSSR count). The summed E-state index contributed by atoms with van der Waals surface area (Å²) >= 11 is 0. The number of rotatable bonds is 5. The first-order valence-corrected chi connectivity index (χ1v) is 11.6. The van der Waals surface area contributed by atoms with Gasteiger partial charge in [0, 0.05) is 36.4 Å². The summed E-state index contributed by atoms with van der Waals surface area (Å²) < 4.78 is 7.38. The van der Waals surface area contributed by atoms with Crippen molar-refractivity contribution in [1.29, 1.82) is 0 Å². The average Bonchev–Trinajstić information content (AvgIpc) is 3.31. The molecule has 1 aromatic carbocycles. The van der Waals surface area contributed by atoms with Crippen molar-refractivity contribution in [1.82, 2.24) is 24.6 Å². The van der Waals surface area contributed by atoms with Gasteiger partial charge in [0.05, 0.1) is 47.6 Å². The summed E-state index contributed by atoms with van der Waals surface area (Å²) in [5, 5.41) is 14.7. The fourth-order valence-corrected chi connectivity index (χ4v) is 4.51. The van der Waals surface area contributed by atoms with Gasteiger partial charge in [0.25, 0.3) is 0 Å². The molecule has 0 atom stereocenters. The SMILES string of the molecule is O=C(O)c1cccc2nc(C=Cc3nc4c(N5CCOCC5)ccnn4c3-c3cccnc3)ccc12.[NaH]. The zero-order valence-corrected chi connectivity index (χ0v) is 19.3. The summed E-state index contributed by atoms with van der Waals surface area (Å²) in [5.41, 5.74) is 5.77. The second-order valence-electron chi connectivity index (χ2n) is 8.39. The third-order valence-corrected chi connectivity index (χ3v) is 6.21. The second kappa shape index (κ2) is 10.8. The molecule has 0 amide bonds. The molecule has 1 aliphatic heterocycles. The molecule has 1 fully saturated rings. The van der Waals surface area contributed by atoms with Crippen LogP contribution in [0, 0.1) is 0 Å². The standard InChI is InChI=1S/C27H22N6O3.Na.H/c34-27(35)21-4-1-5-22-20(21)8-6-19(30-22)7-9-23-25(18-3-2-11-28-17-18)33-26(31-23)24(10-12-29-33)32-13-15-36-16-14-32;;/h1-12,17H,13-16H2,(H,34,35);;. The van der Waals surface area contributed by atoms with Gasteiger partial charge in [-0.1, -0.05) is 6.07 Å². The summed E-state index contributed by atoms with van der Waals surface area (Å²) in [5.74, 6) is -0.972. The number of ether oxygens (including phenoxy) is 1. The topological polar surface area (TPSA) is 106 Å². The summed E-state index contributed by atoms with van der Waals surface area (Å²) in [6, 6.07) is 14.5. The van der Waals surface area contributed by atoms with Crippen LogP contribution in [0.3, 0.4) is 0 Å². The van der Waals surface area contributed by atoms with Gasteiger partial charge < -0.3 is 14.7 Å². The molecule has 0 saturated carbocycles. The second-order valence-corrected chi connectivity index (χ2v) is 8.39. The quantitative estimate of drug-likeness (QED) is 0.365. The van der Waals surface area contributed by atoms with Crippen LogP contribution in [0.15, 0.2) is 67.1 Å². The number of anilines is 1. The molecule has 180 valence electrons. The molecule has 1 N–H and O–H groups in total. The van der Waals surface area contributed by atoms with Gasteiger partial charge in [-0.15, -0.1) is 0 Å². The molecule has 1 saturated heterocycles. The number of carboxylic acid groups (broad SMARTS) is 1. The van der Waals surface area contributed by atoms with E-state index in [0.29, 0.717) is 29.8 Å². The normalized spacial score (nSPS) is 13.8. The van der Waals surface area contributed by atoms with Gasteiger partial charge in [0.1, 0.15) is 5.69 Å². The van der Waals surface area contributed by atoms with Crippen molar-refractivity contribution in [2.24, 2.45) is 0 Å². The van der Waals surface area contributed by atoms with Crippen molar-refractivity contribution >= 4 is 69.9 Å². The number of carboxylic acids is 1. The van der Waals surface area contributed by atoms with E-state index in [0.717, 1.165) is 41.4 Å². The molecule has 0 unspecified atom stereocenters. The third kappa shape index (κ3) is 4.86. The number of nitrogens with zero attached hydrogens (tertiary/aromatic N) is 6. The minimum absolute atomic E-state index is 0. The Bertz CT molecular complexity index is 1610. The first kappa shape index (κ1) is 25.0. The van der Waals surface area contributed by atoms with Crippen LogP contribution < -0.4 is 4.90 Å². The van der Waals surface area contributed by atoms with Crippen LogP contribution >= 0.6 is 0 Å². The molecule has 0 aliphatic carbocycles. The summed E-state index contributed by atoms with van der Waals surface area (Å²) in [7, 11) is 0. The van der Waals surface area contributed by atoms with E-state index < -0.39 is 5.97 Å². The zero-order valence-electron chi connectivity index (χ0n) is 19.3. The number of hydrogen-bond donors (Lipinski definition) is 1. The van der Waals surface area contributed by atoms with Crippen LogP contribution in [0.1, 0.15) is 21.7 Å². The molecule has 0 radical (unpaired) electrons. The van der Waals surface area contributed by atoms with Gasteiger partial charge >= 0.3 is 35.5 Å². The van der Waals surface area contributed by atoms with E-state index in [1.54, 1.807) is 36.8 Å². The first-order valence-electron chi connectivity index (χ1n) is 11.6. The maximum absolute atomic E-state index is 11.5. The molecule has 0 spiro atoms. The van der Waals surface area contributed by atoms with Gasteiger partial charge in [-0.3, -0.25) is 4.98 Å². The predicted molar refractivity (Wildman–Crippen MR) is 144 cm³/mol. The summed E-state index contributed by atoms with van der Waals surface area (Å²) in [6.45, 7) is 2.93. The van der Waals surface area contributed by atoms with Gasteiger partial charge in [-0.25, -0.2) is 19.3 Å². The van der Waals surface area contributed by atoms with Crippen molar-refractivity contribution in [3.05, 3.63) is 84.1 Å². The number of aromatic nitrogens is 5. The van der Waals surface area contributed by atoms with Crippen molar-refractivity contribution in [2.45, 2.75) is 0 Å². The Morgan fingerprint density at radius 2 is 1.84 bits per heavy atom. The van der Waals surface area contributed by atoms with Crippen LogP contribution in [0.25, 0.3) is 40.0 Å². The molecule has 5 aromatic rings. The van der Waals surface area contributed by atoms with E-state index in [1.165, 1.54) is 0 Å². The number of pyridine rings is 2. The van der Waals surface area contributed by atoms with E-state index in [1.807, 2.05) is 47.0 Å². The molecular formula is C27H23N6NaO3. The number of benzene rings is 1. The summed E-state index contributed by atoms with van der Waals surface area (Å²) in [6.07, 6.45) is 9.11. The Kier molecular flexibility index (Phi) is 7.29. The Hall–Kier alpha value is -3.63. The van der Waals surface area contributed by atoms with Gasteiger partial charge in [-0.05, 0) is 54.6 Å². The minimum atomic E-state index is -0.972. The Morgan fingerprint density at radius 1 is 0.973 bits per heavy atom. The molecule has 1 aliphatic rings. The predicted octanol–water partition coefficient (Wildman–Crippen LogP) is 3.40. The monoisotopic (exact) mass is 502 g/mol. The van der Waals surface area contributed by atoms with Crippen molar-refractivity contribution in [3.63, 3.8) is 0 Å². The Labute approximate surface area is 234 Å². The molecule has 4 aromatic heterocycles. The number of carbonyl (C=O) groups is 1. The Morgan fingerprint density at radius 3 is 2.62 bits per heavy atom. The van der Waals surface area contributed by atoms with E-state index in [-0.39, 0.29) is 35.1 Å². The molecule has 9 nitrogen and oxygen atoms in total. The van der Waals surface area contributed by atoms with Crippen LogP contribution in [0.2, 0.25) is 0 Å². The van der Waals surface area contributed by atoms with Crippen molar-refractivity contribution in [2.75, 3.05) is 31.2 Å². The average molecular weight is 503 g/mol. The van der Waals surface area contributed by atoms with E-state index >= 15 is 0 Å². The number of hydrogen-bond acceptors (Lipinski definition) is 7. The van der Waals surface area contributed by atoms with Crippen LogP contribution in [-0.2, 0) is 4.74 Å². The molecule has 0 bridgehead atoms. The van der Waals surface area contributed by atoms with Gasteiger partial charge in [0.2, 0.25) is 0 Å². The van der Waals surface area contributed by atoms with Crippen LogP contribution in [0.4, 0.5) is 5.69 Å². The van der Waals surface area contributed by atoms with Crippen LogP contribution in [-0.4, -0.2) is 91.5 Å². The fourth-order valence-electron chi connectivity index (χ4n) is 4.51. The number of aromatic carboxylic acids is 1. The third-order valence-electron chi connectivity index (χ3n) is 6.21. The van der Waals surface area contributed by atoms with Crippen molar-refractivity contribution in [3.8, 4) is 11.3 Å². The van der Waals surface area contributed by atoms with Gasteiger partial charge in [0.15, 0.2) is 5.65 Å². The van der Waals surface area contributed by atoms with E-state index in [9.17, 15) is 9.90 Å². The zero-order chi connectivity index (χ0) is 24.5. The fraction of sp³-hybridized carbons (Fsp3) is 0.148. The summed E-state index contributed by atoms with van der Waals surface area (Å²) in [4.78, 5) is 27.7. The van der Waals surface area contributed by atoms with E-state index in [4.69, 9.17) is 9.72 Å². The van der Waals surface area contributed by atoms with Gasteiger partial charge in [-0.2, -0.15) is 5.10 Å². The number of fused-ring (bicyclic) bond motifs is 2. The Balaban J connectivity index is 0.00000280. The van der Waals surface area contributed by atoms with E-state index in [2.05, 4.69) is 20.0 Å².